The summed E-state index contributed by atoms with van der Waals surface area (Å²) < 4.78 is 4.95. The fraction of sp³-hybridized carbons (Fsp3) is 0.0870. The summed E-state index contributed by atoms with van der Waals surface area (Å²) in [5.74, 6) is -1.33. The number of hydrogen-bond acceptors (Lipinski definition) is 7. The average molecular weight is 417 g/mol. The van der Waals surface area contributed by atoms with Crippen LogP contribution in [-0.2, 0) is 9.53 Å². The molecule has 0 bridgehead atoms. The molecular weight excluding hydrogens is 398 g/mol. The van der Waals surface area contributed by atoms with Crippen molar-refractivity contribution >= 4 is 23.1 Å². The predicted octanol–water partition coefficient (Wildman–Crippen LogP) is 5.84. The molecule has 0 saturated carbocycles. The maximum Gasteiger partial charge on any atom is 0.362 e. The van der Waals surface area contributed by atoms with Crippen LogP contribution in [0.5, 0.6) is 0 Å². The quantitative estimate of drug-likeness (QED) is 0.130. The highest BCUT2D eigenvalue weighted by atomic mass is 16.6. The molecule has 0 aliphatic carbocycles. The molecule has 0 fully saturated rings. The van der Waals surface area contributed by atoms with Crippen LogP contribution in [0.4, 0.5) is 11.4 Å². The first-order valence-electron chi connectivity index (χ1n) is 9.42. The van der Waals surface area contributed by atoms with E-state index in [1.807, 2.05) is 30.3 Å². The molecule has 0 atom stereocenters. The number of aliphatic hydroxyl groups excluding tert-OH is 1. The third kappa shape index (κ3) is 5.18. The van der Waals surface area contributed by atoms with Crippen LogP contribution in [-0.4, -0.2) is 22.6 Å². The lowest BCUT2D eigenvalue weighted by molar-refractivity contribution is -0.384. The van der Waals surface area contributed by atoms with Crippen LogP contribution < -0.4 is 0 Å². The van der Waals surface area contributed by atoms with Gasteiger partial charge in [-0.1, -0.05) is 66.7 Å². The molecule has 31 heavy (non-hydrogen) atoms. The summed E-state index contributed by atoms with van der Waals surface area (Å²) in [7, 11) is 0. The molecule has 8 heteroatoms. The number of esters is 1. The zero-order valence-corrected chi connectivity index (χ0v) is 16.6. The highest BCUT2D eigenvalue weighted by Gasteiger charge is 2.20. The Bertz CT molecular complexity index is 1140. The second kappa shape index (κ2) is 9.93. The van der Waals surface area contributed by atoms with E-state index >= 15 is 0 Å². The Morgan fingerprint density at radius 1 is 1.00 bits per heavy atom. The van der Waals surface area contributed by atoms with E-state index in [-0.39, 0.29) is 18.0 Å². The molecule has 0 unspecified atom stereocenters. The number of ether oxygens (including phenoxy) is 1. The summed E-state index contributed by atoms with van der Waals surface area (Å²) >= 11 is 0. The number of nitro benzene ring substituents is 1. The Morgan fingerprint density at radius 3 is 2.26 bits per heavy atom. The minimum absolute atomic E-state index is 0.0614. The van der Waals surface area contributed by atoms with Crippen molar-refractivity contribution in [3.05, 3.63) is 100 Å². The van der Waals surface area contributed by atoms with E-state index in [4.69, 9.17) is 4.74 Å². The molecule has 0 radical (unpaired) electrons. The van der Waals surface area contributed by atoms with Gasteiger partial charge in [0.05, 0.1) is 11.5 Å². The van der Waals surface area contributed by atoms with Crippen molar-refractivity contribution in [2.75, 3.05) is 6.61 Å². The molecule has 1 N–H and O–H groups in total. The van der Waals surface area contributed by atoms with Gasteiger partial charge in [0.15, 0.2) is 11.4 Å². The van der Waals surface area contributed by atoms with E-state index in [1.54, 1.807) is 43.3 Å². The van der Waals surface area contributed by atoms with Crippen molar-refractivity contribution in [1.82, 2.24) is 0 Å². The summed E-state index contributed by atoms with van der Waals surface area (Å²) in [6, 6.07) is 21.9. The third-order valence-electron chi connectivity index (χ3n) is 4.28. The Morgan fingerprint density at radius 2 is 1.65 bits per heavy atom. The average Bonchev–Trinajstić information content (AvgIpc) is 2.80. The van der Waals surface area contributed by atoms with Crippen LogP contribution in [0.1, 0.15) is 12.5 Å². The van der Waals surface area contributed by atoms with Gasteiger partial charge in [0.2, 0.25) is 5.70 Å². The van der Waals surface area contributed by atoms with Crippen molar-refractivity contribution in [3.63, 3.8) is 0 Å². The summed E-state index contributed by atoms with van der Waals surface area (Å²) in [6.45, 7) is 1.67. The fourth-order valence-electron chi connectivity index (χ4n) is 2.79. The number of nitro groups is 1. The molecule has 0 aromatic heterocycles. The summed E-state index contributed by atoms with van der Waals surface area (Å²) in [5.41, 5.74) is 0.982. The molecule has 0 aliphatic heterocycles. The number of carbonyl (C=O) groups excluding carboxylic acids is 1. The normalized spacial score (nSPS) is 11.8. The third-order valence-corrected chi connectivity index (χ3v) is 4.28. The molecule has 156 valence electrons. The minimum Gasteiger partial charge on any atom is -0.505 e. The van der Waals surface area contributed by atoms with Gasteiger partial charge in [-0.15, -0.1) is 10.2 Å². The minimum atomic E-state index is -0.892. The van der Waals surface area contributed by atoms with E-state index in [1.165, 1.54) is 12.1 Å². The Labute approximate surface area is 178 Å². The first-order chi connectivity index (χ1) is 15.0. The van der Waals surface area contributed by atoms with Gasteiger partial charge in [-0.2, -0.15) is 0 Å². The molecule has 8 nitrogen and oxygen atoms in total. The SMILES string of the molecule is CCOC(=O)/C(N=Nc1ccc(-c2ccccc2)cc1[N+](=O)[O-])=C(\O)c1ccccc1. The molecule has 0 saturated heterocycles. The van der Waals surface area contributed by atoms with Crippen LogP contribution in [0.2, 0.25) is 0 Å². The molecule has 3 aromatic carbocycles. The van der Waals surface area contributed by atoms with Crippen LogP contribution in [0, 0.1) is 10.1 Å². The molecule has 3 rings (SSSR count). The molecule has 0 amide bonds. The topological polar surface area (TPSA) is 114 Å². The van der Waals surface area contributed by atoms with Crippen LogP contribution >= 0.6 is 0 Å². The number of aliphatic hydroxyl groups is 1. The van der Waals surface area contributed by atoms with Crippen LogP contribution in [0.3, 0.4) is 0 Å². The number of azo groups is 1. The second-order valence-electron chi connectivity index (χ2n) is 6.31. The number of benzene rings is 3. The number of rotatable bonds is 7. The van der Waals surface area contributed by atoms with Gasteiger partial charge >= 0.3 is 5.97 Å². The van der Waals surface area contributed by atoms with E-state index < -0.39 is 22.3 Å². The van der Waals surface area contributed by atoms with Crippen LogP contribution in [0.15, 0.2) is 94.8 Å². The largest absolute Gasteiger partial charge is 0.505 e. The Hall–Kier alpha value is -4.33. The van der Waals surface area contributed by atoms with Gasteiger partial charge in [-0.3, -0.25) is 10.1 Å². The number of nitrogens with zero attached hydrogens (tertiary/aromatic N) is 3. The van der Waals surface area contributed by atoms with Gasteiger partial charge in [0.1, 0.15) is 0 Å². The van der Waals surface area contributed by atoms with E-state index in [0.717, 1.165) is 5.56 Å². The second-order valence-corrected chi connectivity index (χ2v) is 6.31. The Kier molecular flexibility index (Phi) is 6.85. The summed E-state index contributed by atoms with van der Waals surface area (Å²) in [6.07, 6.45) is 0. The zero-order valence-electron chi connectivity index (χ0n) is 16.6. The molecule has 0 spiro atoms. The lowest BCUT2D eigenvalue weighted by Gasteiger charge is -2.06. The lowest BCUT2D eigenvalue weighted by Crippen LogP contribution is -2.08. The number of hydrogen-bond donors (Lipinski definition) is 1. The monoisotopic (exact) mass is 417 g/mol. The maximum absolute atomic E-state index is 12.3. The maximum atomic E-state index is 12.3. The first-order valence-corrected chi connectivity index (χ1v) is 9.42. The highest BCUT2D eigenvalue weighted by Crippen LogP contribution is 2.33. The van der Waals surface area contributed by atoms with Gasteiger partial charge in [0.25, 0.3) is 5.69 Å². The Balaban J connectivity index is 2.04. The smallest absolute Gasteiger partial charge is 0.362 e. The van der Waals surface area contributed by atoms with Crippen LogP contribution in [0.25, 0.3) is 16.9 Å². The van der Waals surface area contributed by atoms with Gasteiger partial charge in [-0.25, -0.2) is 4.79 Å². The van der Waals surface area contributed by atoms with Crippen molar-refractivity contribution < 1.29 is 19.6 Å². The number of carbonyl (C=O) groups is 1. The van der Waals surface area contributed by atoms with Crippen molar-refractivity contribution in [3.8, 4) is 11.1 Å². The predicted molar refractivity (Wildman–Crippen MR) is 116 cm³/mol. The van der Waals surface area contributed by atoms with E-state index in [9.17, 15) is 20.0 Å². The lowest BCUT2D eigenvalue weighted by atomic mass is 10.0. The molecule has 0 heterocycles. The fourth-order valence-corrected chi connectivity index (χ4v) is 2.79. The summed E-state index contributed by atoms with van der Waals surface area (Å²) in [4.78, 5) is 23.3. The van der Waals surface area contributed by atoms with Gasteiger partial charge in [-0.05, 0) is 24.1 Å². The molecule has 3 aromatic rings. The standard InChI is InChI=1S/C23H19N3O5/c1-2-31-23(28)21(22(27)17-11-7-4-8-12-17)25-24-19-14-13-18(15-20(19)26(29)30)16-9-5-3-6-10-16/h3-15,27H,2H2,1H3/b22-21+,25-24?. The van der Waals surface area contributed by atoms with Crippen molar-refractivity contribution in [1.29, 1.82) is 0 Å². The zero-order chi connectivity index (χ0) is 22.2. The van der Waals surface area contributed by atoms with Gasteiger partial charge in [0, 0.05) is 11.6 Å². The highest BCUT2D eigenvalue weighted by molar-refractivity contribution is 5.95. The van der Waals surface area contributed by atoms with Crippen molar-refractivity contribution in [2.24, 2.45) is 10.2 Å². The van der Waals surface area contributed by atoms with E-state index in [0.29, 0.717) is 11.1 Å². The van der Waals surface area contributed by atoms with Gasteiger partial charge < -0.3 is 9.84 Å². The first kappa shape index (κ1) is 21.4. The van der Waals surface area contributed by atoms with E-state index in [2.05, 4.69) is 10.2 Å². The summed E-state index contributed by atoms with van der Waals surface area (Å²) in [5, 5.41) is 29.8. The molecular formula is C23H19N3O5. The molecule has 0 aliphatic rings. The van der Waals surface area contributed by atoms with Crippen molar-refractivity contribution in [2.45, 2.75) is 6.92 Å².